The molecule has 5 aliphatic rings. The largest absolute Gasteiger partial charge is 0.493 e. The number of likely N-dealkylation sites (N-methyl/N-ethyl adjacent to an activating group) is 1. The molecule has 0 radical (unpaired) electrons. The van der Waals surface area contributed by atoms with E-state index in [1.165, 1.54) is 12.1 Å². The lowest BCUT2D eigenvalue weighted by Gasteiger charge is -2.46. The number of carbonyl (C=O) groups is 4. The van der Waals surface area contributed by atoms with Crippen LogP contribution in [0.4, 0.5) is 15.2 Å². The number of benzene rings is 2. The Morgan fingerprint density at radius 1 is 0.917 bits per heavy atom. The fourth-order valence-corrected chi connectivity index (χ4v) is 14.3. The maximum atomic E-state index is 15.3. The van der Waals surface area contributed by atoms with Crippen molar-refractivity contribution in [1.82, 2.24) is 35.3 Å². The van der Waals surface area contributed by atoms with E-state index in [0.29, 0.717) is 73.2 Å². The quantitative estimate of drug-likeness (QED) is 0.0813. The van der Waals surface area contributed by atoms with Crippen molar-refractivity contribution in [2.75, 3.05) is 57.4 Å². The molecule has 4 aromatic rings. The normalized spacial score (nSPS) is 24.9. The van der Waals surface area contributed by atoms with Crippen molar-refractivity contribution in [3.63, 3.8) is 0 Å². The highest BCUT2D eigenvalue weighted by Crippen LogP contribution is 2.47. The summed E-state index contributed by atoms with van der Waals surface area (Å²) in [6.07, 6.45) is 16.9. The van der Waals surface area contributed by atoms with Crippen molar-refractivity contribution in [2.24, 2.45) is 23.2 Å². The molecule has 0 unspecified atom stereocenters. The first kappa shape index (κ1) is 51.5. The number of amides is 4. The van der Waals surface area contributed by atoms with Gasteiger partial charge in [0.2, 0.25) is 23.6 Å². The van der Waals surface area contributed by atoms with Gasteiger partial charge in [-0.15, -0.1) is 0 Å². The molecule has 72 heavy (non-hydrogen) atoms. The van der Waals surface area contributed by atoms with Gasteiger partial charge < -0.3 is 35.4 Å². The monoisotopic (exact) mass is 1030 g/mol. The molecule has 4 heterocycles. The van der Waals surface area contributed by atoms with Gasteiger partial charge in [0.15, 0.2) is 5.13 Å². The third kappa shape index (κ3) is 11.8. The minimum absolute atomic E-state index is 0.0171. The summed E-state index contributed by atoms with van der Waals surface area (Å²) in [4.78, 5) is 67.1. The Morgan fingerprint density at radius 2 is 1.67 bits per heavy atom. The first-order chi connectivity index (χ1) is 34.6. The number of carbonyl (C=O) groups excluding carboxylic acids is 4. The molecule has 4 N–H and O–H groups in total. The molecule has 388 valence electrons. The Kier molecular flexibility index (Phi) is 16.0. The van der Waals surface area contributed by atoms with Crippen LogP contribution in [0.3, 0.4) is 0 Å². The van der Waals surface area contributed by atoms with Crippen LogP contribution in [0.2, 0.25) is 0 Å². The number of halogens is 1. The molecular weight excluding hydrogens is 958 g/mol. The predicted molar refractivity (Wildman–Crippen MR) is 275 cm³/mol. The van der Waals surface area contributed by atoms with Gasteiger partial charge in [-0.25, -0.2) is 17.8 Å². The van der Waals surface area contributed by atoms with Crippen LogP contribution in [0.15, 0.2) is 65.8 Å². The molecule has 3 aliphatic carbocycles. The molecule has 5 fully saturated rings. The van der Waals surface area contributed by atoms with Gasteiger partial charge in [0.1, 0.15) is 16.5 Å². The summed E-state index contributed by atoms with van der Waals surface area (Å²) in [7, 11) is 1.60. The predicted octanol–water partition coefficient (Wildman–Crippen LogP) is 7.49. The first-order valence-corrected chi connectivity index (χ1v) is 28.3. The van der Waals surface area contributed by atoms with E-state index < -0.39 is 26.7 Å². The number of thiazole rings is 1. The number of hydrogen-bond acceptors (Lipinski definition) is 12. The summed E-state index contributed by atoms with van der Waals surface area (Å²) in [5.74, 6) is -0.609. The van der Waals surface area contributed by atoms with Crippen LogP contribution in [0.1, 0.15) is 114 Å². The topological polar surface area (TPSA) is 195 Å². The smallest absolute Gasteiger partial charge is 0.266 e. The number of likely N-dealkylation sites (tertiary alicyclic amines) is 2. The maximum absolute atomic E-state index is 15.3. The number of nitrogens with zero attached hydrogens (tertiary/aromatic N) is 5. The van der Waals surface area contributed by atoms with Gasteiger partial charge in [-0.1, -0.05) is 30.2 Å². The molecule has 19 heteroatoms. The summed E-state index contributed by atoms with van der Waals surface area (Å²) in [6.45, 7) is 2.17. The summed E-state index contributed by atoms with van der Waals surface area (Å²) in [5.41, 5.74) is 2.15. The van der Waals surface area contributed by atoms with Crippen molar-refractivity contribution in [2.45, 2.75) is 132 Å². The van der Waals surface area contributed by atoms with Crippen LogP contribution in [0.25, 0.3) is 10.2 Å². The fraction of sp³-hybridized carbons (Fsp3) is 0.585. The van der Waals surface area contributed by atoms with Gasteiger partial charge in [-0.05, 0) is 151 Å². The van der Waals surface area contributed by atoms with Crippen LogP contribution in [0.5, 0.6) is 5.75 Å². The molecule has 4 amide bonds. The Labute approximate surface area is 426 Å². The molecule has 1 spiro atoms. The van der Waals surface area contributed by atoms with E-state index in [1.807, 2.05) is 31.1 Å². The molecule has 2 aliphatic heterocycles. The van der Waals surface area contributed by atoms with Crippen LogP contribution in [-0.4, -0.2) is 122 Å². The SMILES string of the molecule is CN(C)[C@@H]1CCCC[C@H]1Nc1ccc(S(=O)(=O)Nc2nc3ccc(OCCCNC(=O)C4CCC(NC(=O)C5CCC6(CC5)CCN(C(=O)[C@H]5CC(=O)N(C)[C@@H]5c5cccnc5)CC6)CC4)cc3s2)c(F)c1. The third-order valence-electron chi connectivity index (χ3n) is 16.4. The van der Waals surface area contributed by atoms with Crippen molar-refractivity contribution < 1.29 is 36.7 Å². The van der Waals surface area contributed by atoms with Gasteiger partial charge >= 0.3 is 0 Å². The molecule has 0 bridgehead atoms. The van der Waals surface area contributed by atoms with E-state index in [-0.39, 0.29) is 70.6 Å². The number of sulfonamides is 1. The van der Waals surface area contributed by atoms with E-state index in [4.69, 9.17) is 4.74 Å². The van der Waals surface area contributed by atoms with Gasteiger partial charge in [0.25, 0.3) is 10.0 Å². The second-order valence-electron chi connectivity index (χ2n) is 21.2. The molecule has 2 saturated heterocycles. The van der Waals surface area contributed by atoms with Gasteiger partial charge in [0, 0.05) is 81.1 Å². The van der Waals surface area contributed by atoms with Gasteiger partial charge in [0.05, 0.1) is 28.8 Å². The standard InChI is InChI=1S/C53H70FN9O7S2/c1-61(2)44-10-5-4-9-42(44)57-38-15-18-46(41(54)30-38)72(68,69)60-52-59-43-17-16-39(31-45(43)71-52)70-29-7-26-56-49(65)34-11-13-37(14-12-34)58-50(66)35-19-21-53(22-20-35)23-27-63(28-24-53)51(67)40-32-47(64)62(3)48(40)36-8-6-25-55-33-36/h6,8,15-18,25,30-31,33-35,37,40,42,44,48,57H,4-5,7,9-14,19-24,26-29,32H2,1-3H3,(H,56,65)(H,58,66)(H,59,60)/t34?,37?,40-,42+,44+,48+/m0/s1. The number of ether oxygens (including phenoxy) is 1. The maximum Gasteiger partial charge on any atom is 0.266 e. The molecule has 16 nitrogen and oxygen atoms in total. The van der Waals surface area contributed by atoms with Crippen LogP contribution in [0, 0.1) is 29.0 Å². The number of anilines is 2. The van der Waals surface area contributed by atoms with Crippen LogP contribution >= 0.6 is 11.3 Å². The Bertz CT molecular complexity index is 2680. The number of hydrogen-bond donors (Lipinski definition) is 4. The fourth-order valence-electron chi connectivity index (χ4n) is 12.1. The van der Waals surface area contributed by atoms with E-state index >= 15 is 4.39 Å². The molecular formula is C53H70FN9O7S2. The van der Waals surface area contributed by atoms with Crippen molar-refractivity contribution >= 4 is 66.0 Å². The van der Waals surface area contributed by atoms with E-state index in [1.54, 1.807) is 48.6 Å². The lowest BCUT2D eigenvalue weighted by atomic mass is 9.65. The number of fused-ring (bicyclic) bond motifs is 1. The second kappa shape index (κ2) is 22.4. The summed E-state index contributed by atoms with van der Waals surface area (Å²) in [5, 5.41) is 9.90. The average molecular weight is 1030 g/mol. The zero-order chi connectivity index (χ0) is 50.6. The Balaban J connectivity index is 0.652. The lowest BCUT2D eigenvalue weighted by Crippen LogP contribution is -2.48. The van der Waals surface area contributed by atoms with Crippen molar-refractivity contribution in [3.8, 4) is 5.75 Å². The average Bonchev–Trinajstić information content (AvgIpc) is 3.91. The molecule has 9 rings (SSSR count). The number of pyridine rings is 1. The third-order valence-corrected chi connectivity index (χ3v) is 18.8. The number of nitrogens with one attached hydrogen (secondary N) is 4. The second-order valence-corrected chi connectivity index (χ2v) is 23.8. The van der Waals surface area contributed by atoms with Crippen LogP contribution < -0.4 is 25.4 Å². The first-order valence-electron chi connectivity index (χ1n) is 26.0. The highest BCUT2D eigenvalue weighted by molar-refractivity contribution is 7.93. The van der Waals surface area contributed by atoms with E-state index in [9.17, 15) is 27.6 Å². The van der Waals surface area contributed by atoms with E-state index in [2.05, 4.69) is 35.5 Å². The summed E-state index contributed by atoms with van der Waals surface area (Å²) >= 11 is 1.13. The number of aromatic nitrogens is 2. The van der Waals surface area contributed by atoms with E-state index in [0.717, 1.165) is 94.0 Å². The Hall–Kier alpha value is -5.40. The molecule has 2 aromatic heterocycles. The summed E-state index contributed by atoms with van der Waals surface area (Å²) < 4.78 is 51.0. The minimum atomic E-state index is -4.25. The summed E-state index contributed by atoms with van der Waals surface area (Å²) in [6, 6.07) is 13.4. The van der Waals surface area contributed by atoms with Crippen LogP contribution in [-0.2, 0) is 29.2 Å². The molecule has 3 saturated carbocycles. The number of piperidine rings is 1. The number of rotatable bonds is 16. The Morgan fingerprint density at radius 3 is 2.39 bits per heavy atom. The lowest BCUT2D eigenvalue weighted by molar-refractivity contribution is -0.139. The van der Waals surface area contributed by atoms with Gasteiger partial charge in [-0.2, -0.15) is 0 Å². The van der Waals surface area contributed by atoms with Gasteiger partial charge in [-0.3, -0.25) is 28.9 Å². The zero-order valence-electron chi connectivity index (χ0n) is 41.7. The van der Waals surface area contributed by atoms with Crippen molar-refractivity contribution in [1.29, 1.82) is 0 Å². The van der Waals surface area contributed by atoms with Crippen molar-refractivity contribution in [3.05, 3.63) is 72.3 Å². The molecule has 2 aromatic carbocycles. The molecule has 4 atom stereocenters. The highest BCUT2D eigenvalue weighted by atomic mass is 32.2. The zero-order valence-corrected chi connectivity index (χ0v) is 43.4. The minimum Gasteiger partial charge on any atom is -0.493 e. The highest BCUT2D eigenvalue weighted by Gasteiger charge is 2.47.